The zero-order valence-corrected chi connectivity index (χ0v) is 14.1. The van der Waals surface area contributed by atoms with Gasteiger partial charge in [-0.2, -0.15) is 0 Å². The van der Waals surface area contributed by atoms with Gasteiger partial charge < -0.3 is 20.5 Å². The molecule has 2 amide bonds. The van der Waals surface area contributed by atoms with Crippen LogP contribution in [0.1, 0.15) is 29.7 Å². The third-order valence-corrected chi connectivity index (χ3v) is 4.56. The molecule has 1 fully saturated rings. The topological polar surface area (TPSA) is 70.6 Å². The Kier molecular flexibility index (Phi) is 6.04. The molecule has 0 radical (unpaired) electrons. The van der Waals surface area contributed by atoms with Crippen LogP contribution in [0.5, 0.6) is 0 Å². The molecule has 0 aromatic heterocycles. The van der Waals surface area contributed by atoms with Crippen molar-refractivity contribution < 1.29 is 14.6 Å². The quantitative estimate of drug-likeness (QED) is 0.757. The van der Waals surface area contributed by atoms with Gasteiger partial charge in [0.05, 0.1) is 18.8 Å². The van der Waals surface area contributed by atoms with Crippen LogP contribution in [-0.4, -0.2) is 30.9 Å². The first-order valence-electron chi connectivity index (χ1n) is 8.64. The van der Waals surface area contributed by atoms with Crippen LogP contribution >= 0.6 is 0 Å². The second-order valence-electron chi connectivity index (χ2n) is 6.25. The second-order valence-corrected chi connectivity index (χ2v) is 6.25. The fraction of sp³-hybridized carbons (Fsp3) is 0.350. The zero-order valence-electron chi connectivity index (χ0n) is 14.1. The van der Waals surface area contributed by atoms with Crippen molar-refractivity contribution in [2.45, 2.75) is 18.6 Å². The van der Waals surface area contributed by atoms with Crippen molar-refractivity contribution in [1.82, 2.24) is 10.6 Å². The van der Waals surface area contributed by atoms with E-state index in [4.69, 9.17) is 4.74 Å². The van der Waals surface area contributed by atoms with E-state index >= 15 is 0 Å². The lowest BCUT2D eigenvalue weighted by atomic mass is 9.95. The van der Waals surface area contributed by atoms with Crippen molar-refractivity contribution in [3.05, 3.63) is 71.8 Å². The number of benzene rings is 2. The maximum absolute atomic E-state index is 12.2. The highest BCUT2D eigenvalue weighted by molar-refractivity contribution is 5.74. The van der Waals surface area contributed by atoms with E-state index in [9.17, 15) is 9.90 Å². The van der Waals surface area contributed by atoms with Gasteiger partial charge in [-0.3, -0.25) is 0 Å². The van der Waals surface area contributed by atoms with Gasteiger partial charge in [-0.1, -0.05) is 60.7 Å². The molecule has 0 spiro atoms. The van der Waals surface area contributed by atoms with Gasteiger partial charge in [-0.15, -0.1) is 0 Å². The van der Waals surface area contributed by atoms with Crippen LogP contribution in [0, 0.1) is 5.92 Å². The van der Waals surface area contributed by atoms with Gasteiger partial charge in [0, 0.05) is 19.1 Å². The molecule has 2 aromatic carbocycles. The van der Waals surface area contributed by atoms with E-state index in [-0.39, 0.29) is 24.7 Å². The number of hydrogen-bond acceptors (Lipinski definition) is 3. The van der Waals surface area contributed by atoms with Crippen LogP contribution in [0.15, 0.2) is 60.7 Å². The van der Waals surface area contributed by atoms with Gasteiger partial charge in [0.2, 0.25) is 0 Å². The number of ether oxygens (including phenoxy) is 1. The largest absolute Gasteiger partial charge is 0.394 e. The molecule has 3 N–H and O–H groups in total. The van der Waals surface area contributed by atoms with Gasteiger partial charge in [0.15, 0.2) is 0 Å². The molecule has 25 heavy (non-hydrogen) atoms. The number of nitrogens with one attached hydrogen (secondary N) is 2. The van der Waals surface area contributed by atoms with Crippen molar-refractivity contribution in [2.75, 3.05) is 19.8 Å². The predicted molar refractivity (Wildman–Crippen MR) is 96.0 cm³/mol. The summed E-state index contributed by atoms with van der Waals surface area (Å²) >= 11 is 0. The Morgan fingerprint density at radius 2 is 1.80 bits per heavy atom. The molecule has 2 aromatic rings. The molecule has 1 aliphatic heterocycles. The summed E-state index contributed by atoms with van der Waals surface area (Å²) in [7, 11) is 0. The highest BCUT2D eigenvalue weighted by atomic mass is 16.5. The summed E-state index contributed by atoms with van der Waals surface area (Å²) in [6.45, 7) is 1.10. The van der Waals surface area contributed by atoms with Crippen molar-refractivity contribution in [3.8, 4) is 0 Å². The summed E-state index contributed by atoms with van der Waals surface area (Å²) in [5.74, 6) is 0.248. The Balaban J connectivity index is 1.53. The SMILES string of the molecule is O=C(NC[C@@H]1CCO[C@H]1c1ccccc1)NC(CO)c1ccccc1. The van der Waals surface area contributed by atoms with Crippen LogP contribution < -0.4 is 10.6 Å². The number of carbonyl (C=O) groups excluding carboxylic acids is 1. The number of carbonyl (C=O) groups is 1. The Hall–Kier alpha value is -2.37. The molecule has 3 rings (SSSR count). The molecular formula is C20H24N2O3. The Morgan fingerprint density at radius 1 is 1.12 bits per heavy atom. The monoisotopic (exact) mass is 340 g/mol. The van der Waals surface area contributed by atoms with E-state index in [1.807, 2.05) is 48.5 Å². The summed E-state index contributed by atoms with van der Waals surface area (Å²) in [6.07, 6.45) is 0.936. The number of aliphatic hydroxyl groups excluding tert-OH is 1. The first-order chi connectivity index (χ1) is 12.3. The molecule has 1 unspecified atom stereocenters. The second kappa shape index (κ2) is 8.65. The predicted octanol–water partition coefficient (Wildman–Crippen LogP) is 2.80. The van der Waals surface area contributed by atoms with E-state index in [0.29, 0.717) is 13.2 Å². The smallest absolute Gasteiger partial charge is 0.315 e. The molecule has 0 saturated carbocycles. The van der Waals surface area contributed by atoms with E-state index in [2.05, 4.69) is 22.8 Å². The first-order valence-corrected chi connectivity index (χ1v) is 8.64. The van der Waals surface area contributed by atoms with Gasteiger partial charge >= 0.3 is 6.03 Å². The fourth-order valence-corrected chi connectivity index (χ4v) is 3.21. The maximum atomic E-state index is 12.2. The minimum absolute atomic E-state index is 0.0178. The maximum Gasteiger partial charge on any atom is 0.315 e. The summed E-state index contributed by atoms with van der Waals surface area (Å²) in [5, 5.41) is 15.3. The lowest BCUT2D eigenvalue weighted by Gasteiger charge is -2.21. The minimum atomic E-state index is -0.411. The molecule has 1 aliphatic rings. The summed E-state index contributed by atoms with van der Waals surface area (Å²) in [4.78, 5) is 12.2. The highest BCUT2D eigenvalue weighted by Gasteiger charge is 2.29. The molecule has 1 saturated heterocycles. The molecule has 5 nitrogen and oxygen atoms in total. The molecule has 0 aliphatic carbocycles. The number of urea groups is 1. The van der Waals surface area contributed by atoms with Crippen LogP contribution in [-0.2, 0) is 4.74 Å². The number of amides is 2. The van der Waals surface area contributed by atoms with Gasteiger partial charge in [0.25, 0.3) is 0 Å². The first kappa shape index (κ1) is 17.5. The minimum Gasteiger partial charge on any atom is -0.394 e. The lowest BCUT2D eigenvalue weighted by molar-refractivity contribution is 0.0909. The third-order valence-electron chi connectivity index (χ3n) is 4.56. The molecule has 5 heteroatoms. The fourth-order valence-electron chi connectivity index (χ4n) is 3.21. The zero-order chi connectivity index (χ0) is 17.5. The van der Waals surface area contributed by atoms with Crippen molar-refractivity contribution >= 4 is 6.03 Å². The Morgan fingerprint density at radius 3 is 2.48 bits per heavy atom. The van der Waals surface area contributed by atoms with Crippen LogP contribution in [0.4, 0.5) is 4.79 Å². The lowest BCUT2D eigenvalue weighted by Crippen LogP contribution is -2.41. The number of rotatable bonds is 6. The molecule has 1 heterocycles. The number of aliphatic hydroxyl groups is 1. The van der Waals surface area contributed by atoms with E-state index in [1.165, 1.54) is 0 Å². The molecule has 0 bridgehead atoms. The van der Waals surface area contributed by atoms with Crippen LogP contribution in [0.25, 0.3) is 0 Å². The third kappa shape index (κ3) is 4.59. The van der Waals surface area contributed by atoms with Crippen LogP contribution in [0.3, 0.4) is 0 Å². The summed E-state index contributed by atoms with van der Waals surface area (Å²) in [5.41, 5.74) is 2.02. The van der Waals surface area contributed by atoms with E-state index in [0.717, 1.165) is 17.5 Å². The van der Waals surface area contributed by atoms with Gasteiger partial charge in [0.1, 0.15) is 0 Å². The average Bonchev–Trinajstić information content (AvgIpc) is 3.14. The number of hydrogen-bond donors (Lipinski definition) is 3. The van der Waals surface area contributed by atoms with Crippen molar-refractivity contribution in [1.29, 1.82) is 0 Å². The Labute approximate surface area is 148 Å². The van der Waals surface area contributed by atoms with Crippen molar-refractivity contribution in [3.63, 3.8) is 0 Å². The van der Waals surface area contributed by atoms with E-state index in [1.54, 1.807) is 0 Å². The van der Waals surface area contributed by atoms with Crippen molar-refractivity contribution in [2.24, 2.45) is 5.92 Å². The normalized spacial score (nSPS) is 20.8. The summed E-state index contributed by atoms with van der Waals surface area (Å²) < 4.78 is 5.84. The highest BCUT2D eigenvalue weighted by Crippen LogP contribution is 2.33. The molecular weight excluding hydrogens is 316 g/mol. The molecule has 132 valence electrons. The molecule has 3 atom stereocenters. The van der Waals surface area contributed by atoms with Gasteiger partial charge in [-0.05, 0) is 17.5 Å². The average molecular weight is 340 g/mol. The Bertz CT molecular complexity index is 663. The summed E-state index contributed by atoms with van der Waals surface area (Å²) in [6, 6.07) is 18.9. The standard InChI is InChI=1S/C20H24N2O3/c23-14-18(15-7-3-1-4-8-15)22-20(24)21-13-17-11-12-25-19(17)16-9-5-2-6-10-16/h1-10,17-19,23H,11-14H2,(H2,21,22,24)/t17-,18?,19-/m0/s1. The van der Waals surface area contributed by atoms with Gasteiger partial charge in [-0.25, -0.2) is 4.79 Å². The van der Waals surface area contributed by atoms with E-state index < -0.39 is 6.04 Å². The van der Waals surface area contributed by atoms with Crippen LogP contribution in [0.2, 0.25) is 0 Å².